The van der Waals surface area contributed by atoms with E-state index in [-0.39, 0.29) is 0 Å². The number of hydrogen-bond acceptors (Lipinski definition) is 3. The lowest BCUT2D eigenvalue weighted by Crippen LogP contribution is -2.27. The van der Waals surface area contributed by atoms with Crippen molar-refractivity contribution in [3.05, 3.63) is 17.4 Å². The quantitative estimate of drug-likeness (QED) is 0.729. The van der Waals surface area contributed by atoms with Crippen molar-refractivity contribution < 1.29 is 0 Å². The van der Waals surface area contributed by atoms with Gasteiger partial charge in [0.15, 0.2) is 0 Å². The van der Waals surface area contributed by atoms with Crippen molar-refractivity contribution in [2.24, 2.45) is 5.92 Å². The van der Waals surface area contributed by atoms with Crippen molar-refractivity contribution in [2.45, 2.75) is 12.8 Å². The summed E-state index contributed by atoms with van der Waals surface area (Å²) in [5, 5.41) is 0.547. The van der Waals surface area contributed by atoms with Gasteiger partial charge in [0.05, 0.1) is 24.0 Å². The summed E-state index contributed by atoms with van der Waals surface area (Å²) in [4.78, 5) is 10.4. The van der Waals surface area contributed by atoms with Crippen LogP contribution >= 0.6 is 11.6 Å². The molecule has 1 saturated carbocycles. The molecule has 0 radical (unpaired) electrons. The average molecular weight is 222 g/mol. The second-order valence-corrected chi connectivity index (χ2v) is 4.17. The van der Waals surface area contributed by atoms with Crippen LogP contribution in [0, 0.1) is 18.3 Å². The molecule has 0 unspecified atom stereocenters. The Labute approximate surface area is 94.5 Å². The maximum absolute atomic E-state index is 5.73. The van der Waals surface area contributed by atoms with Crippen LogP contribution in [0.4, 0.5) is 5.95 Å². The van der Waals surface area contributed by atoms with Gasteiger partial charge in [0.25, 0.3) is 0 Å². The molecular formula is C11H12ClN3. The Morgan fingerprint density at radius 3 is 2.67 bits per heavy atom. The predicted octanol–water partition coefficient (Wildman–Crippen LogP) is 1.98. The van der Waals surface area contributed by atoms with Gasteiger partial charge in [-0.25, -0.2) is 9.97 Å². The zero-order valence-electron chi connectivity index (χ0n) is 8.36. The maximum atomic E-state index is 5.73. The van der Waals surface area contributed by atoms with Gasteiger partial charge in [0.1, 0.15) is 0 Å². The van der Waals surface area contributed by atoms with Gasteiger partial charge in [0, 0.05) is 6.54 Å². The minimum atomic E-state index is 0.547. The van der Waals surface area contributed by atoms with Gasteiger partial charge < -0.3 is 4.90 Å². The Kier molecular flexibility index (Phi) is 3.08. The van der Waals surface area contributed by atoms with Crippen molar-refractivity contribution in [2.75, 3.05) is 18.0 Å². The maximum Gasteiger partial charge on any atom is 0.226 e. The normalized spacial score (nSPS) is 14.7. The van der Waals surface area contributed by atoms with E-state index in [4.69, 9.17) is 18.0 Å². The van der Waals surface area contributed by atoms with E-state index in [1.807, 2.05) is 4.90 Å². The molecule has 0 saturated heterocycles. The highest BCUT2D eigenvalue weighted by molar-refractivity contribution is 6.30. The van der Waals surface area contributed by atoms with Gasteiger partial charge in [-0.1, -0.05) is 17.5 Å². The van der Waals surface area contributed by atoms with E-state index in [1.54, 1.807) is 12.4 Å². The summed E-state index contributed by atoms with van der Waals surface area (Å²) in [7, 11) is 0. The fourth-order valence-electron chi connectivity index (χ4n) is 1.41. The summed E-state index contributed by atoms with van der Waals surface area (Å²) in [5.41, 5.74) is 0. The highest BCUT2D eigenvalue weighted by Crippen LogP contribution is 2.30. The molecule has 1 heterocycles. The smallest absolute Gasteiger partial charge is 0.226 e. The van der Waals surface area contributed by atoms with E-state index < -0.39 is 0 Å². The molecule has 4 heteroatoms. The molecule has 0 aromatic carbocycles. The minimum Gasteiger partial charge on any atom is -0.329 e. The zero-order valence-corrected chi connectivity index (χ0v) is 9.11. The molecule has 1 aliphatic rings. The van der Waals surface area contributed by atoms with E-state index >= 15 is 0 Å². The Morgan fingerprint density at radius 2 is 2.13 bits per heavy atom. The molecule has 0 atom stereocenters. The monoisotopic (exact) mass is 221 g/mol. The van der Waals surface area contributed by atoms with Crippen LogP contribution in [0.15, 0.2) is 12.4 Å². The van der Waals surface area contributed by atoms with E-state index in [0.717, 1.165) is 12.5 Å². The molecule has 1 aromatic rings. The lowest BCUT2D eigenvalue weighted by atomic mass is 10.4. The molecule has 1 aromatic heterocycles. The molecule has 1 fully saturated rings. The van der Waals surface area contributed by atoms with E-state index in [0.29, 0.717) is 17.5 Å². The van der Waals surface area contributed by atoms with Crippen molar-refractivity contribution in [1.29, 1.82) is 0 Å². The van der Waals surface area contributed by atoms with Gasteiger partial charge >= 0.3 is 0 Å². The lowest BCUT2D eigenvalue weighted by molar-refractivity contribution is 0.742. The number of halogens is 1. The first-order valence-corrected chi connectivity index (χ1v) is 5.33. The fourth-order valence-corrected chi connectivity index (χ4v) is 1.51. The summed E-state index contributed by atoms with van der Waals surface area (Å²) in [5.74, 6) is 4.06. The Bertz CT molecular complexity index is 364. The first-order chi connectivity index (χ1) is 7.29. The van der Waals surface area contributed by atoms with Crippen LogP contribution in [-0.2, 0) is 0 Å². The van der Waals surface area contributed by atoms with E-state index in [9.17, 15) is 0 Å². The van der Waals surface area contributed by atoms with Crippen LogP contribution < -0.4 is 4.90 Å². The second kappa shape index (κ2) is 4.50. The van der Waals surface area contributed by atoms with Crippen LogP contribution in [0.3, 0.4) is 0 Å². The lowest BCUT2D eigenvalue weighted by Gasteiger charge is -2.19. The molecule has 0 amide bonds. The number of nitrogens with zero attached hydrogens (tertiary/aromatic N) is 3. The van der Waals surface area contributed by atoms with Crippen LogP contribution in [0.25, 0.3) is 0 Å². The third-order valence-electron chi connectivity index (χ3n) is 2.35. The topological polar surface area (TPSA) is 29.0 Å². The first kappa shape index (κ1) is 10.3. The van der Waals surface area contributed by atoms with Crippen LogP contribution in [0.5, 0.6) is 0 Å². The third kappa shape index (κ3) is 2.84. The molecule has 3 nitrogen and oxygen atoms in total. The molecular weight excluding hydrogens is 210 g/mol. The molecule has 1 aliphatic carbocycles. The Morgan fingerprint density at radius 1 is 1.47 bits per heavy atom. The van der Waals surface area contributed by atoms with Crippen LogP contribution in [0.1, 0.15) is 12.8 Å². The number of hydrogen-bond donors (Lipinski definition) is 0. The molecule has 15 heavy (non-hydrogen) atoms. The van der Waals surface area contributed by atoms with Gasteiger partial charge in [-0.15, -0.1) is 6.42 Å². The predicted molar refractivity (Wildman–Crippen MR) is 60.8 cm³/mol. The molecule has 78 valence electrons. The summed E-state index contributed by atoms with van der Waals surface area (Å²) in [6, 6.07) is 0. The highest BCUT2D eigenvalue weighted by atomic mass is 35.5. The number of rotatable bonds is 4. The van der Waals surface area contributed by atoms with Crippen molar-refractivity contribution in [3.63, 3.8) is 0 Å². The Hall–Kier alpha value is -1.27. The molecule has 0 aliphatic heterocycles. The fraction of sp³-hybridized carbons (Fsp3) is 0.455. The minimum absolute atomic E-state index is 0.547. The van der Waals surface area contributed by atoms with Gasteiger partial charge in [-0.3, -0.25) is 0 Å². The molecule has 0 bridgehead atoms. The molecule has 0 N–H and O–H groups in total. The largest absolute Gasteiger partial charge is 0.329 e. The molecule has 0 spiro atoms. The third-order valence-corrected chi connectivity index (χ3v) is 2.54. The number of anilines is 1. The Balaban J connectivity index is 2.08. The van der Waals surface area contributed by atoms with E-state index in [2.05, 4.69) is 15.9 Å². The van der Waals surface area contributed by atoms with Gasteiger partial charge in [-0.2, -0.15) is 0 Å². The van der Waals surface area contributed by atoms with Crippen molar-refractivity contribution in [3.8, 4) is 12.3 Å². The SMILES string of the molecule is C#CCN(CC1CC1)c1ncc(Cl)cn1. The second-order valence-electron chi connectivity index (χ2n) is 3.73. The number of aromatic nitrogens is 2. The van der Waals surface area contributed by atoms with Gasteiger partial charge in [0.2, 0.25) is 5.95 Å². The van der Waals surface area contributed by atoms with E-state index in [1.165, 1.54) is 12.8 Å². The van der Waals surface area contributed by atoms with Gasteiger partial charge in [-0.05, 0) is 18.8 Å². The van der Waals surface area contributed by atoms with Crippen molar-refractivity contribution in [1.82, 2.24) is 9.97 Å². The van der Waals surface area contributed by atoms with Crippen molar-refractivity contribution >= 4 is 17.5 Å². The van der Waals surface area contributed by atoms with Crippen LogP contribution in [-0.4, -0.2) is 23.1 Å². The summed E-state index contributed by atoms with van der Waals surface area (Å²) < 4.78 is 0. The average Bonchev–Trinajstić information content (AvgIpc) is 3.02. The summed E-state index contributed by atoms with van der Waals surface area (Å²) >= 11 is 5.73. The first-order valence-electron chi connectivity index (χ1n) is 4.95. The highest BCUT2D eigenvalue weighted by Gasteiger charge is 2.25. The number of terminal acetylenes is 1. The standard InChI is InChI=1S/C11H12ClN3/c1-2-5-15(8-9-3-4-9)11-13-6-10(12)7-14-11/h1,6-7,9H,3-5,8H2. The molecule has 2 rings (SSSR count). The van der Waals surface area contributed by atoms with Crippen LogP contribution in [0.2, 0.25) is 5.02 Å². The summed E-state index contributed by atoms with van der Waals surface area (Å²) in [6.45, 7) is 1.50. The zero-order chi connectivity index (χ0) is 10.7. The summed E-state index contributed by atoms with van der Waals surface area (Å²) in [6.07, 6.45) is 11.1.